The first-order valence-electron chi connectivity index (χ1n) is 6.85. The highest BCUT2D eigenvalue weighted by Gasteiger charge is 2.49. The summed E-state index contributed by atoms with van der Waals surface area (Å²) in [5.74, 6) is -1.41. The van der Waals surface area contributed by atoms with Crippen LogP contribution in [0.3, 0.4) is 0 Å². The molecule has 3 atom stereocenters. The lowest BCUT2D eigenvalue weighted by Crippen LogP contribution is -2.32. The molecule has 0 aliphatic heterocycles. The number of nitrogens with one attached hydrogen (secondary N) is 1. The summed E-state index contributed by atoms with van der Waals surface area (Å²) in [6.45, 7) is 0. The Bertz CT molecular complexity index is 539. The number of hydrogen-bond donors (Lipinski definition) is 2. The molecule has 1 amide bonds. The first-order chi connectivity index (χ1) is 9.56. The number of halogens is 1. The first kappa shape index (κ1) is 13.4. The van der Waals surface area contributed by atoms with Gasteiger partial charge in [-0.05, 0) is 42.9 Å². The van der Waals surface area contributed by atoms with Gasteiger partial charge in [-0.2, -0.15) is 0 Å². The second kappa shape index (κ2) is 5.09. The van der Waals surface area contributed by atoms with Gasteiger partial charge in [0, 0.05) is 5.02 Å². The molecule has 2 N–H and O–H groups in total. The van der Waals surface area contributed by atoms with Gasteiger partial charge in [0.15, 0.2) is 0 Å². The maximum absolute atomic E-state index is 12.1. The van der Waals surface area contributed by atoms with Gasteiger partial charge >= 0.3 is 5.97 Å². The van der Waals surface area contributed by atoms with E-state index in [4.69, 9.17) is 16.7 Å². The molecule has 0 spiro atoms. The molecule has 0 aromatic heterocycles. The number of carbonyl (C=O) groups is 2. The predicted molar refractivity (Wildman–Crippen MR) is 74.3 cm³/mol. The molecule has 1 aromatic rings. The lowest BCUT2D eigenvalue weighted by molar-refractivity contribution is -0.140. The molecular formula is C15H16ClNO3. The van der Waals surface area contributed by atoms with Gasteiger partial charge in [-0.1, -0.05) is 23.7 Å². The Kier molecular flexibility index (Phi) is 3.42. The van der Waals surface area contributed by atoms with Crippen LogP contribution in [0.2, 0.25) is 5.02 Å². The van der Waals surface area contributed by atoms with Crippen LogP contribution in [0.25, 0.3) is 0 Å². The van der Waals surface area contributed by atoms with Gasteiger partial charge in [0.1, 0.15) is 0 Å². The number of benzene rings is 1. The second-order valence-electron chi connectivity index (χ2n) is 5.66. The third-order valence-corrected chi connectivity index (χ3v) is 4.32. The second-order valence-corrected chi connectivity index (χ2v) is 6.10. The van der Waals surface area contributed by atoms with Crippen LogP contribution in [-0.2, 0) is 9.59 Å². The van der Waals surface area contributed by atoms with Crippen LogP contribution >= 0.6 is 11.6 Å². The van der Waals surface area contributed by atoms with Crippen LogP contribution in [0, 0.1) is 17.8 Å². The number of aliphatic carboxylic acids is 1. The van der Waals surface area contributed by atoms with Gasteiger partial charge < -0.3 is 10.4 Å². The van der Waals surface area contributed by atoms with Crippen LogP contribution in [0.4, 0.5) is 0 Å². The molecule has 0 radical (unpaired) electrons. The fraction of sp³-hybridized carbons (Fsp3) is 0.467. The van der Waals surface area contributed by atoms with Crippen LogP contribution in [0.5, 0.6) is 0 Å². The monoisotopic (exact) mass is 293 g/mol. The molecule has 0 heterocycles. The predicted octanol–water partition coefficient (Wildman–Crippen LogP) is 2.63. The molecule has 1 aromatic carbocycles. The van der Waals surface area contributed by atoms with Gasteiger partial charge in [0.2, 0.25) is 5.91 Å². The normalized spacial score (nSPS) is 25.9. The van der Waals surface area contributed by atoms with E-state index in [1.54, 1.807) is 0 Å². The maximum atomic E-state index is 12.1. The average Bonchev–Trinajstić information content (AvgIpc) is 3.28. The number of carboxylic acids is 1. The third-order valence-electron chi connectivity index (χ3n) is 4.06. The van der Waals surface area contributed by atoms with E-state index in [1.165, 1.54) is 0 Å². The van der Waals surface area contributed by atoms with Gasteiger partial charge in [-0.3, -0.25) is 9.59 Å². The van der Waals surface area contributed by atoms with Crippen LogP contribution in [0.1, 0.15) is 30.9 Å². The Morgan fingerprint density at radius 1 is 1.20 bits per heavy atom. The molecular weight excluding hydrogens is 278 g/mol. The molecule has 2 fully saturated rings. The molecule has 106 valence electrons. The minimum Gasteiger partial charge on any atom is -0.481 e. The largest absolute Gasteiger partial charge is 0.481 e. The fourth-order valence-corrected chi connectivity index (χ4v) is 2.72. The molecule has 3 rings (SSSR count). The molecule has 4 nitrogen and oxygen atoms in total. The van der Waals surface area contributed by atoms with Crippen LogP contribution in [0.15, 0.2) is 24.3 Å². The highest BCUT2D eigenvalue weighted by molar-refractivity contribution is 6.30. The van der Waals surface area contributed by atoms with E-state index in [0.29, 0.717) is 17.4 Å². The summed E-state index contributed by atoms with van der Waals surface area (Å²) in [6, 6.07) is 7.46. The Labute approximate surface area is 122 Å². The van der Waals surface area contributed by atoms with E-state index < -0.39 is 11.9 Å². The lowest BCUT2D eigenvalue weighted by atomic mass is 10.0. The zero-order valence-corrected chi connectivity index (χ0v) is 11.6. The van der Waals surface area contributed by atoms with E-state index in [1.807, 2.05) is 24.3 Å². The number of hydrogen-bond acceptors (Lipinski definition) is 2. The number of carboxylic acid groups (broad SMARTS) is 1. The van der Waals surface area contributed by atoms with Gasteiger partial charge in [-0.15, -0.1) is 0 Å². The van der Waals surface area contributed by atoms with E-state index >= 15 is 0 Å². The van der Waals surface area contributed by atoms with Crippen molar-refractivity contribution in [2.24, 2.45) is 17.8 Å². The summed E-state index contributed by atoms with van der Waals surface area (Å²) in [6.07, 6.45) is 2.65. The minimum atomic E-state index is -0.875. The molecule has 0 saturated heterocycles. The van der Waals surface area contributed by atoms with E-state index in [-0.39, 0.29) is 17.9 Å². The topological polar surface area (TPSA) is 66.4 Å². The Morgan fingerprint density at radius 2 is 1.85 bits per heavy atom. The zero-order chi connectivity index (χ0) is 14.3. The molecule has 2 aliphatic rings. The van der Waals surface area contributed by atoms with Crippen molar-refractivity contribution in [2.75, 3.05) is 0 Å². The summed E-state index contributed by atoms with van der Waals surface area (Å²) in [7, 11) is 0. The quantitative estimate of drug-likeness (QED) is 0.877. The van der Waals surface area contributed by atoms with E-state index in [9.17, 15) is 9.59 Å². The molecule has 5 heteroatoms. The van der Waals surface area contributed by atoms with Gasteiger partial charge in [-0.25, -0.2) is 0 Å². The maximum Gasteiger partial charge on any atom is 0.307 e. The molecule has 3 unspecified atom stereocenters. The average molecular weight is 294 g/mol. The van der Waals surface area contributed by atoms with Crippen molar-refractivity contribution in [3.63, 3.8) is 0 Å². The standard InChI is InChI=1S/C15H16ClNO3/c16-10-5-3-9(4-6-10)13(8-1-2-8)17-14(18)11-7-12(11)15(19)20/h3-6,8,11-13H,1-2,7H2,(H,17,18)(H,19,20). The van der Waals surface area contributed by atoms with E-state index in [0.717, 1.165) is 18.4 Å². The Hall–Kier alpha value is -1.55. The fourth-order valence-electron chi connectivity index (χ4n) is 2.59. The van der Waals surface area contributed by atoms with Crippen molar-refractivity contribution in [3.05, 3.63) is 34.9 Å². The van der Waals surface area contributed by atoms with Crippen molar-refractivity contribution < 1.29 is 14.7 Å². The number of carbonyl (C=O) groups excluding carboxylic acids is 1. The summed E-state index contributed by atoms with van der Waals surface area (Å²) < 4.78 is 0. The van der Waals surface area contributed by atoms with Crippen molar-refractivity contribution in [3.8, 4) is 0 Å². The Balaban J connectivity index is 1.68. The van der Waals surface area contributed by atoms with Crippen LogP contribution in [-0.4, -0.2) is 17.0 Å². The number of amides is 1. The minimum absolute atomic E-state index is 0.0187. The summed E-state index contributed by atoms with van der Waals surface area (Å²) in [5, 5.41) is 12.6. The summed E-state index contributed by atoms with van der Waals surface area (Å²) in [5.41, 5.74) is 1.04. The highest BCUT2D eigenvalue weighted by Crippen LogP contribution is 2.43. The summed E-state index contributed by atoms with van der Waals surface area (Å²) >= 11 is 5.88. The molecule has 20 heavy (non-hydrogen) atoms. The highest BCUT2D eigenvalue weighted by atomic mass is 35.5. The van der Waals surface area contributed by atoms with E-state index in [2.05, 4.69) is 5.32 Å². The SMILES string of the molecule is O=C(O)C1CC1C(=O)NC(c1ccc(Cl)cc1)C1CC1. The zero-order valence-electron chi connectivity index (χ0n) is 10.9. The number of rotatable bonds is 5. The molecule has 2 saturated carbocycles. The van der Waals surface area contributed by atoms with Gasteiger partial charge in [0.25, 0.3) is 0 Å². The van der Waals surface area contributed by atoms with Crippen molar-refractivity contribution in [2.45, 2.75) is 25.3 Å². The molecule has 2 aliphatic carbocycles. The van der Waals surface area contributed by atoms with Crippen molar-refractivity contribution in [1.29, 1.82) is 0 Å². The van der Waals surface area contributed by atoms with Crippen molar-refractivity contribution >= 4 is 23.5 Å². The third kappa shape index (κ3) is 2.80. The lowest BCUT2D eigenvalue weighted by Gasteiger charge is -2.19. The summed E-state index contributed by atoms with van der Waals surface area (Å²) in [4.78, 5) is 22.9. The Morgan fingerprint density at radius 3 is 2.35 bits per heavy atom. The molecule has 0 bridgehead atoms. The van der Waals surface area contributed by atoms with Crippen LogP contribution < -0.4 is 5.32 Å². The first-order valence-corrected chi connectivity index (χ1v) is 7.22. The van der Waals surface area contributed by atoms with Crippen molar-refractivity contribution in [1.82, 2.24) is 5.32 Å². The van der Waals surface area contributed by atoms with Gasteiger partial charge in [0.05, 0.1) is 17.9 Å². The smallest absolute Gasteiger partial charge is 0.307 e.